The molecule has 8 atom stereocenters. The molecule has 1 fully saturated rings. The highest BCUT2D eigenvalue weighted by Gasteiger charge is 2.48. The lowest BCUT2D eigenvalue weighted by molar-refractivity contribution is -0.298. The minimum Gasteiger partial charge on any atom is -0.394 e. The Hall–Kier alpha value is -1.46. The van der Waals surface area contributed by atoms with Crippen LogP contribution < -0.4 is 5.32 Å². The Balaban J connectivity index is 2.50. The highest BCUT2D eigenvalue weighted by atomic mass is 32.3. The van der Waals surface area contributed by atoms with E-state index in [0.29, 0.717) is 12.8 Å². The summed E-state index contributed by atoms with van der Waals surface area (Å²) in [4.78, 5) is 13.2. The maximum atomic E-state index is 13.2. The molecule has 0 aromatic rings. The standard InChI is InChI=1S/C52H99NO12S/c1-3-5-7-9-11-13-15-17-19-21-23-25-27-29-31-33-35-37-39-41-46(56)51(59)53-44(43-63-52-49(58)50(65-66(60,61)62)48(57)47(42-54)64-52)45(55)40-38-36-34-32-30-28-26-24-22-20-18-16-14-12-10-8-6-4-2/h23,25,38,40,44-50,52,54-58H,3-22,24,26-37,39,41-43H2,1-2H3,(H,53,59)(H,60,61,62)/b25-23-,40-38+. The Morgan fingerprint density at radius 3 is 1.41 bits per heavy atom. The summed E-state index contributed by atoms with van der Waals surface area (Å²) in [5.41, 5.74) is 0. The first kappa shape index (κ1) is 62.6. The van der Waals surface area contributed by atoms with Crippen LogP contribution in [0.5, 0.6) is 0 Å². The fraction of sp³-hybridized carbons (Fsp3) is 0.904. The Labute approximate surface area is 402 Å². The number of hydrogen-bond acceptors (Lipinski definition) is 11. The molecule has 1 aliphatic heterocycles. The molecule has 1 aliphatic rings. The van der Waals surface area contributed by atoms with Gasteiger partial charge in [0.2, 0.25) is 5.91 Å². The average Bonchev–Trinajstić information content (AvgIpc) is 3.29. The first-order valence-electron chi connectivity index (χ1n) is 26.8. The van der Waals surface area contributed by atoms with Crippen molar-refractivity contribution in [2.24, 2.45) is 0 Å². The summed E-state index contributed by atoms with van der Waals surface area (Å²) in [5.74, 6) is -0.704. The highest BCUT2D eigenvalue weighted by Crippen LogP contribution is 2.26. The van der Waals surface area contributed by atoms with Gasteiger partial charge in [0.05, 0.1) is 25.4 Å². The van der Waals surface area contributed by atoms with E-state index in [0.717, 1.165) is 57.8 Å². The van der Waals surface area contributed by atoms with Crippen molar-refractivity contribution >= 4 is 16.3 Å². The zero-order chi connectivity index (χ0) is 48.5. The fourth-order valence-electron chi connectivity index (χ4n) is 8.57. The van der Waals surface area contributed by atoms with Crippen LogP contribution in [0.25, 0.3) is 0 Å². The van der Waals surface area contributed by atoms with E-state index in [4.69, 9.17) is 9.47 Å². The van der Waals surface area contributed by atoms with E-state index in [1.807, 2.05) is 6.08 Å². The smallest absolute Gasteiger partial charge is 0.394 e. The summed E-state index contributed by atoms with van der Waals surface area (Å²) in [7, 11) is -5.12. The zero-order valence-electron chi connectivity index (χ0n) is 41.6. The van der Waals surface area contributed by atoms with Crippen molar-refractivity contribution in [3.63, 3.8) is 0 Å². The first-order chi connectivity index (χ1) is 31.9. The molecular weight excluding hydrogens is 863 g/mol. The molecule has 14 heteroatoms. The number of carbonyl (C=O) groups excluding carboxylic acids is 1. The lowest BCUT2D eigenvalue weighted by atomic mass is 9.99. The second-order valence-electron chi connectivity index (χ2n) is 19.0. The van der Waals surface area contributed by atoms with Crippen LogP contribution in [-0.2, 0) is 28.9 Å². The van der Waals surface area contributed by atoms with E-state index >= 15 is 0 Å². The van der Waals surface area contributed by atoms with Gasteiger partial charge in [0.25, 0.3) is 0 Å². The molecule has 390 valence electrons. The van der Waals surface area contributed by atoms with Gasteiger partial charge in [0.1, 0.15) is 30.5 Å². The Bertz CT molecular complexity index is 1290. The molecule has 0 aliphatic carbocycles. The summed E-state index contributed by atoms with van der Waals surface area (Å²) in [6, 6.07) is -1.12. The number of nitrogens with one attached hydrogen (secondary N) is 1. The van der Waals surface area contributed by atoms with Crippen LogP contribution >= 0.6 is 0 Å². The molecule has 1 amide bonds. The second kappa shape index (κ2) is 42.4. The van der Waals surface area contributed by atoms with Crippen LogP contribution in [0.15, 0.2) is 24.3 Å². The second-order valence-corrected chi connectivity index (χ2v) is 20.0. The van der Waals surface area contributed by atoms with Crippen LogP contribution in [0, 0.1) is 0 Å². The molecule has 0 spiro atoms. The minimum absolute atomic E-state index is 0.237. The van der Waals surface area contributed by atoms with Gasteiger partial charge in [0, 0.05) is 0 Å². The summed E-state index contributed by atoms with van der Waals surface area (Å²) in [5, 5.41) is 55.4. The van der Waals surface area contributed by atoms with Gasteiger partial charge in [-0.3, -0.25) is 9.35 Å². The number of rotatable bonds is 46. The maximum Gasteiger partial charge on any atom is 0.397 e. The Morgan fingerprint density at radius 1 is 0.606 bits per heavy atom. The lowest BCUT2D eigenvalue weighted by Crippen LogP contribution is -2.61. The molecule has 1 saturated heterocycles. The number of hydrogen-bond donors (Lipinski definition) is 7. The predicted octanol–water partition coefficient (Wildman–Crippen LogP) is 10.6. The van der Waals surface area contributed by atoms with Crippen LogP contribution in [0.2, 0.25) is 0 Å². The minimum atomic E-state index is -5.12. The summed E-state index contributed by atoms with van der Waals surface area (Å²) < 4.78 is 47.7. The van der Waals surface area contributed by atoms with Gasteiger partial charge >= 0.3 is 10.4 Å². The Morgan fingerprint density at radius 2 is 1.00 bits per heavy atom. The molecule has 66 heavy (non-hydrogen) atoms. The van der Waals surface area contributed by atoms with E-state index in [1.165, 1.54) is 148 Å². The van der Waals surface area contributed by atoms with E-state index < -0.39 is 78.5 Å². The van der Waals surface area contributed by atoms with Gasteiger partial charge in [0.15, 0.2) is 6.29 Å². The third-order valence-corrected chi connectivity index (χ3v) is 13.3. The molecule has 0 radical (unpaired) electrons. The van der Waals surface area contributed by atoms with E-state index in [-0.39, 0.29) is 6.42 Å². The fourth-order valence-corrected chi connectivity index (χ4v) is 9.08. The number of allylic oxidation sites excluding steroid dienone is 3. The molecule has 7 N–H and O–H groups in total. The number of aliphatic hydroxyl groups is 5. The van der Waals surface area contributed by atoms with Crippen molar-refractivity contribution in [1.29, 1.82) is 0 Å². The van der Waals surface area contributed by atoms with Gasteiger partial charge in [-0.1, -0.05) is 218 Å². The lowest BCUT2D eigenvalue weighted by Gasteiger charge is -2.41. The SMILES string of the molecule is CCCCCCCCCCC/C=C\CCCCCCCCC(O)C(=O)NC(COC1OC(CO)C(O)C(OS(=O)(=O)O)C1O)C(O)/C=C/CCCCCCCCCCCCCCCCCC. The number of carbonyl (C=O) groups is 1. The van der Waals surface area contributed by atoms with Crippen molar-refractivity contribution in [1.82, 2.24) is 5.32 Å². The molecule has 0 saturated carbocycles. The van der Waals surface area contributed by atoms with Crippen LogP contribution in [0.4, 0.5) is 0 Å². The topological polar surface area (TPSA) is 212 Å². The number of unbranched alkanes of at least 4 members (excludes halogenated alkanes) is 31. The normalized spacial score (nSPS) is 20.6. The van der Waals surface area contributed by atoms with Crippen molar-refractivity contribution in [2.75, 3.05) is 13.2 Å². The molecule has 1 rings (SSSR count). The van der Waals surface area contributed by atoms with Crippen molar-refractivity contribution in [3.05, 3.63) is 24.3 Å². The molecule has 0 aromatic carbocycles. The molecule has 0 bridgehead atoms. The molecule has 8 unspecified atom stereocenters. The van der Waals surface area contributed by atoms with E-state index in [2.05, 4.69) is 35.5 Å². The van der Waals surface area contributed by atoms with Gasteiger partial charge in [-0.2, -0.15) is 8.42 Å². The van der Waals surface area contributed by atoms with E-state index in [9.17, 15) is 43.3 Å². The molecular formula is C52H99NO12S. The summed E-state index contributed by atoms with van der Waals surface area (Å²) in [6.45, 7) is 3.25. The Kier molecular flexibility index (Phi) is 40.2. The predicted molar refractivity (Wildman–Crippen MR) is 265 cm³/mol. The average molecular weight is 962 g/mol. The highest BCUT2D eigenvalue weighted by molar-refractivity contribution is 7.80. The maximum absolute atomic E-state index is 13.2. The van der Waals surface area contributed by atoms with Crippen molar-refractivity contribution < 1.29 is 57.0 Å². The monoisotopic (exact) mass is 962 g/mol. The van der Waals surface area contributed by atoms with Crippen molar-refractivity contribution in [3.8, 4) is 0 Å². The van der Waals surface area contributed by atoms with E-state index in [1.54, 1.807) is 6.08 Å². The first-order valence-corrected chi connectivity index (χ1v) is 28.2. The largest absolute Gasteiger partial charge is 0.397 e. The quantitative estimate of drug-likeness (QED) is 0.0173. The third kappa shape index (κ3) is 33.9. The number of amides is 1. The van der Waals surface area contributed by atoms with Crippen LogP contribution in [-0.4, -0.2) is 107 Å². The van der Waals surface area contributed by atoms with Crippen LogP contribution in [0.3, 0.4) is 0 Å². The molecule has 1 heterocycles. The number of ether oxygens (including phenoxy) is 2. The summed E-state index contributed by atoms with van der Waals surface area (Å²) in [6.07, 6.45) is 38.2. The third-order valence-electron chi connectivity index (χ3n) is 12.8. The molecule has 0 aromatic heterocycles. The number of aliphatic hydroxyl groups excluding tert-OH is 5. The van der Waals surface area contributed by atoms with Crippen LogP contribution in [0.1, 0.15) is 239 Å². The van der Waals surface area contributed by atoms with Crippen molar-refractivity contribution in [2.45, 2.75) is 288 Å². The summed E-state index contributed by atoms with van der Waals surface area (Å²) >= 11 is 0. The van der Waals surface area contributed by atoms with Gasteiger partial charge in [-0.05, 0) is 44.9 Å². The zero-order valence-corrected chi connectivity index (χ0v) is 42.4. The van der Waals surface area contributed by atoms with Gasteiger partial charge < -0.3 is 40.3 Å². The molecule has 13 nitrogen and oxygen atoms in total. The van der Waals surface area contributed by atoms with Gasteiger partial charge in [-0.25, -0.2) is 4.18 Å². The van der Waals surface area contributed by atoms with Gasteiger partial charge in [-0.15, -0.1) is 0 Å².